The number of alkyl halides is 3. The first-order chi connectivity index (χ1) is 10.3. The van der Waals surface area contributed by atoms with Crippen molar-refractivity contribution in [3.8, 4) is 5.75 Å². The van der Waals surface area contributed by atoms with E-state index in [2.05, 4.69) is 0 Å². The van der Waals surface area contributed by atoms with E-state index >= 15 is 0 Å². The summed E-state index contributed by atoms with van der Waals surface area (Å²) in [5.41, 5.74) is 2.04. The average molecular weight is 319 g/mol. The Bertz CT molecular complexity index is 429. The Labute approximate surface area is 129 Å². The van der Waals surface area contributed by atoms with Crippen LogP contribution < -0.4 is 4.74 Å². The second kappa shape index (κ2) is 9.00. The molecule has 1 N–H and O–H groups in total. The lowest BCUT2D eigenvalue weighted by Gasteiger charge is -2.23. The summed E-state index contributed by atoms with van der Waals surface area (Å²) in [6, 6.07) is 5.83. The van der Waals surface area contributed by atoms with Crippen LogP contribution in [0.25, 0.3) is 0 Å². The molecule has 126 valence electrons. The Morgan fingerprint density at radius 3 is 2.23 bits per heavy atom. The molecule has 0 atom stereocenters. The summed E-state index contributed by atoms with van der Waals surface area (Å²) in [5.74, 6) is 0.806. The number of aliphatic hydroxyl groups excluding tert-OH is 1. The third-order valence-electron chi connectivity index (χ3n) is 3.31. The van der Waals surface area contributed by atoms with Crippen molar-refractivity contribution >= 4 is 0 Å². The van der Waals surface area contributed by atoms with Crippen molar-refractivity contribution in [2.45, 2.75) is 32.9 Å². The molecule has 0 unspecified atom stereocenters. The lowest BCUT2D eigenvalue weighted by Crippen LogP contribution is -2.36. The second-order valence-electron chi connectivity index (χ2n) is 5.39. The molecule has 0 radical (unpaired) electrons. The van der Waals surface area contributed by atoms with Crippen molar-refractivity contribution in [2.75, 3.05) is 32.8 Å². The number of halogens is 3. The largest absolute Gasteiger partial charge is 0.493 e. The zero-order valence-electron chi connectivity index (χ0n) is 13.1. The minimum Gasteiger partial charge on any atom is -0.493 e. The molecule has 1 rings (SSSR count). The number of aliphatic hydroxyl groups is 1. The van der Waals surface area contributed by atoms with Gasteiger partial charge in [-0.25, -0.2) is 0 Å². The van der Waals surface area contributed by atoms with E-state index in [4.69, 9.17) is 9.84 Å². The fourth-order valence-corrected chi connectivity index (χ4v) is 2.31. The predicted molar refractivity (Wildman–Crippen MR) is 80.2 cm³/mol. The van der Waals surface area contributed by atoms with Gasteiger partial charge < -0.3 is 9.84 Å². The molecular formula is C16H24F3NO2. The van der Waals surface area contributed by atoms with E-state index in [9.17, 15) is 13.2 Å². The van der Waals surface area contributed by atoms with E-state index in [0.717, 1.165) is 16.9 Å². The number of nitrogens with zero attached hydrogens (tertiary/aromatic N) is 1. The maximum Gasteiger partial charge on any atom is 0.401 e. The Morgan fingerprint density at radius 1 is 1.09 bits per heavy atom. The summed E-state index contributed by atoms with van der Waals surface area (Å²) >= 11 is 0. The van der Waals surface area contributed by atoms with Gasteiger partial charge in [-0.15, -0.1) is 0 Å². The van der Waals surface area contributed by atoms with Gasteiger partial charge in [0.1, 0.15) is 5.75 Å². The van der Waals surface area contributed by atoms with Crippen LogP contribution in [-0.2, 0) is 0 Å². The van der Waals surface area contributed by atoms with Crippen LogP contribution >= 0.6 is 0 Å². The summed E-state index contributed by atoms with van der Waals surface area (Å²) in [6.45, 7) is 3.74. The summed E-state index contributed by atoms with van der Waals surface area (Å²) < 4.78 is 43.1. The fraction of sp³-hybridized carbons (Fsp3) is 0.625. The quantitative estimate of drug-likeness (QED) is 0.709. The van der Waals surface area contributed by atoms with Crippen molar-refractivity contribution in [1.29, 1.82) is 0 Å². The molecule has 1 aromatic carbocycles. The maximum absolute atomic E-state index is 12.5. The molecule has 0 heterocycles. The molecule has 0 aliphatic carbocycles. The Hall–Kier alpha value is -1.27. The minimum absolute atomic E-state index is 0.104. The van der Waals surface area contributed by atoms with E-state index in [1.807, 2.05) is 32.0 Å². The highest BCUT2D eigenvalue weighted by atomic mass is 19.4. The first-order valence-corrected chi connectivity index (χ1v) is 7.42. The van der Waals surface area contributed by atoms with Crippen molar-refractivity contribution in [3.05, 3.63) is 29.3 Å². The smallest absolute Gasteiger partial charge is 0.401 e. The molecule has 0 saturated carbocycles. The van der Waals surface area contributed by atoms with Crippen LogP contribution in [0.2, 0.25) is 0 Å². The van der Waals surface area contributed by atoms with E-state index in [1.165, 1.54) is 4.90 Å². The third kappa shape index (κ3) is 7.13. The molecule has 0 spiro atoms. The SMILES string of the molecule is Cc1cccc(C)c1OCCCN(CCCO)CC(F)(F)F. The van der Waals surface area contributed by atoms with Crippen molar-refractivity contribution in [2.24, 2.45) is 0 Å². The van der Waals surface area contributed by atoms with Gasteiger partial charge >= 0.3 is 6.18 Å². The summed E-state index contributed by atoms with van der Waals surface area (Å²) in [4.78, 5) is 1.31. The third-order valence-corrected chi connectivity index (χ3v) is 3.31. The lowest BCUT2D eigenvalue weighted by molar-refractivity contribution is -0.146. The lowest BCUT2D eigenvalue weighted by atomic mass is 10.1. The first-order valence-electron chi connectivity index (χ1n) is 7.42. The predicted octanol–water partition coefficient (Wildman–Crippen LogP) is 3.32. The Morgan fingerprint density at radius 2 is 1.68 bits per heavy atom. The highest BCUT2D eigenvalue weighted by Crippen LogP contribution is 2.22. The van der Waals surface area contributed by atoms with Gasteiger partial charge in [-0.05, 0) is 37.8 Å². The first kappa shape index (κ1) is 18.8. The normalized spacial score (nSPS) is 12.0. The van der Waals surface area contributed by atoms with Gasteiger partial charge in [0.25, 0.3) is 0 Å². The number of hydrogen-bond acceptors (Lipinski definition) is 3. The van der Waals surface area contributed by atoms with E-state index in [0.29, 0.717) is 26.0 Å². The van der Waals surface area contributed by atoms with Crippen LogP contribution in [-0.4, -0.2) is 49.0 Å². The molecule has 0 fully saturated rings. The zero-order chi connectivity index (χ0) is 16.6. The maximum atomic E-state index is 12.5. The summed E-state index contributed by atoms with van der Waals surface area (Å²) in [7, 11) is 0. The van der Waals surface area contributed by atoms with Crippen LogP contribution in [0.4, 0.5) is 13.2 Å². The topological polar surface area (TPSA) is 32.7 Å². The highest BCUT2D eigenvalue weighted by Gasteiger charge is 2.30. The van der Waals surface area contributed by atoms with E-state index in [1.54, 1.807) is 0 Å². The number of hydrogen-bond donors (Lipinski definition) is 1. The van der Waals surface area contributed by atoms with Gasteiger partial charge in [-0.3, -0.25) is 4.90 Å². The molecule has 3 nitrogen and oxygen atoms in total. The molecule has 0 aliphatic heterocycles. The van der Waals surface area contributed by atoms with Gasteiger partial charge in [-0.2, -0.15) is 13.2 Å². The number of para-hydroxylation sites is 1. The van der Waals surface area contributed by atoms with Crippen LogP contribution in [0.1, 0.15) is 24.0 Å². The molecular weight excluding hydrogens is 295 g/mol. The molecule has 22 heavy (non-hydrogen) atoms. The van der Waals surface area contributed by atoms with Gasteiger partial charge in [0.15, 0.2) is 0 Å². The number of rotatable bonds is 9. The summed E-state index contributed by atoms with van der Waals surface area (Å²) in [6.07, 6.45) is -3.37. The average Bonchev–Trinajstić information content (AvgIpc) is 2.41. The van der Waals surface area contributed by atoms with Gasteiger partial charge in [-0.1, -0.05) is 18.2 Å². The highest BCUT2D eigenvalue weighted by molar-refractivity contribution is 5.39. The van der Waals surface area contributed by atoms with Crippen molar-refractivity contribution < 1.29 is 23.0 Å². The summed E-state index contributed by atoms with van der Waals surface area (Å²) in [5, 5.41) is 8.76. The fourth-order valence-electron chi connectivity index (χ4n) is 2.31. The Balaban J connectivity index is 2.42. The second-order valence-corrected chi connectivity index (χ2v) is 5.39. The zero-order valence-corrected chi connectivity index (χ0v) is 13.1. The van der Waals surface area contributed by atoms with Crippen LogP contribution in [0.15, 0.2) is 18.2 Å². The molecule has 6 heteroatoms. The number of ether oxygens (including phenoxy) is 1. The van der Waals surface area contributed by atoms with Gasteiger partial charge in [0.05, 0.1) is 13.2 Å². The Kier molecular flexibility index (Phi) is 7.68. The van der Waals surface area contributed by atoms with E-state index in [-0.39, 0.29) is 13.2 Å². The van der Waals surface area contributed by atoms with E-state index < -0.39 is 12.7 Å². The van der Waals surface area contributed by atoms with Crippen molar-refractivity contribution in [3.63, 3.8) is 0 Å². The van der Waals surface area contributed by atoms with Gasteiger partial charge in [0.2, 0.25) is 0 Å². The molecule has 0 aliphatic rings. The van der Waals surface area contributed by atoms with Gasteiger partial charge in [0, 0.05) is 19.7 Å². The van der Waals surface area contributed by atoms with Crippen LogP contribution in [0.5, 0.6) is 5.75 Å². The monoisotopic (exact) mass is 319 g/mol. The van der Waals surface area contributed by atoms with Crippen LogP contribution in [0.3, 0.4) is 0 Å². The molecule has 0 saturated heterocycles. The van der Waals surface area contributed by atoms with Crippen LogP contribution in [0, 0.1) is 13.8 Å². The standard InChI is InChI=1S/C16H24F3NO2/c1-13-6-3-7-14(2)15(13)22-11-5-9-20(8-4-10-21)12-16(17,18)19/h3,6-7,21H,4-5,8-12H2,1-2H3. The molecule has 1 aromatic rings. The molecule has 0 amide bonds. The molecule has 0 bridgehead atoms. The number of benzene rings is 1. The number of aryl methyl sites for hydroxylation is 2. The van der Waals surface area contributed by atoms with Crippen molar-refractivity contribution in [1.82, 2.24) is 4.90 Å². The minimum atomic E-state index is -4.22. The molecule has 0 aromatic heterocycles.